The van der Waals surface area contributed by atoms with E-state index in [1.54, 1.807) is 0 Å². The molecule has 0 radical (unpaired) electrons. The molecule has 5 heterocycles. The van der Waals surface area contributed by atoms with Gasteiger partial charge >= 0.3 is 0 Å². The van der Waals surface area contributed by atoms with Gasteiger partial charge in [0.05, 0.1) is 33.2 Å². The molecule has 0 amide bonds. The minimum atomic E-state index is -0.968. The highest BCUT2D eigenvalue weighted by atomic mass is 16.5. The van der Waals surface area contributed by atoms with Crippen LogP contribution in [-0.4, -0.2) is 15.8 Å². The molecule has 3 aliphatic heterocycles. The Balaban J connectivity index is 1.07. The average Bonchev–Trinajstić information content (AvgIpc) is 0.703. The van der Waals surface area contributed by atoms with E-state index in [0.29, 0.717) is 0 Å². The fraction of sp³-hybridized carbons (Fsp3) is 0.271. The third-order valence-electron chi connectivity index (χ3n) is 25.1. The minimum absolute atomic E-state index is 0.0721. The predicted molar refractivity (Wildman–Crippen MR) is 480 cm³/mol. The van der Waals surface area contributed by atoms with Gasteiger partial charge in [-0.15, -0.1) is 0 Å². The van der Waals surface area contributed by atoms with Gasteiger partial charge in [0.1, 0.15) is 11.5 Å². The second-order valence-corrected chi connectivity index (χ2v) is 39.9. The molecule has 0 bridgehead atoms. The van der Waals surface area contributed by atoms with Crippen molar-refractivity contribution in [3.8, 4) is 56.3 Å². The highest BCUT2D eigenvalue weighted by molar-refractivity contribution is 6.99. The van der Waals surface area contributed by atoms with Crippen LogP contribution in [-0.2, 0) is 43.3 Å². The zero-order valence-electron chi connectivity index (χ0n) is 69.7. The first-order chi connectivity index (χ1) is 52.9. The number of benzene rings is 13. The van der Waals surface area contributed by atoms with Gasteiger partial charge in [0.15, 0.2) is 0 Å². The lowest BCUT2D eigenvalue weighted by molar-refractivity contribution is 0.435. The van der Waals surface area contributed by atoms with Crippen molar-refractivity contribution in [2.45, 2.75) is 189 Å². The van der Waals surface area contributed by atoms with Gasteiger partial charge in [0.25, 0.3) is 0 Å². The summed E-state index contributed by atoms with van der Waals surface area (Å²) in [4.78, 5) is 2.78. The van der Waals surface area contributed by atoms with Crippen molar-refractivity contribution in [2.24, 2.45) is 0 Å². The van der Waals surface area contributed by atoms with Crippen molar-refractivity contribution < 1.29 is 4.74 Å². The maximum atomic E-state index is 7.40. The molecule has 4 nitrogen and oxygen atoms in total. The van der Waals surface area contributed by atoms with Crippen LogP contribution in [0.3, 0.4) is 0 Å². The summed E-state index contributed by atoms with van der Waals surface area (Å²) in [5.41, 5.74) is 33.1. The number of aromatic nitrogens is 2. The van der Waals surface area contributed by atoms with Crippen molar-refractivity contribution in [2.75, 3.05) is 4.90 Å². The number of ether oxygens (including phenoxy) is 1. The van der Waals surface area contributed by atoms with Crippen LogP contribution < -0.4 is 26.0 Å². The number of hydrogen-bond donors (Lipinski definition) is 0. The van der Waals surface area contributed by atoms with Gasteiger partial charge in [-0.2, -0.15) is 0 Å². The van der Waals surface area contributed by atoms with Crippen LogP contribution in [0.25, 0.3) is 88.4 Å². The lowest BCUT2D eigenvalue weighted by Crippen LogP contribution is -2.65. The van der Waals surface area contributed by atoms with Gasteiger partial charge in [-0.3, -0.25) is 0 Å². The zero-order valence-corrected chi connectivity index (χ0v) is 69.7. The molecule has 15 aromatic rings. The Morgan fingerprint density at radius 2 is 0.652 bits per heavy atom. The molecular formula is C107H106BN3O. The molecular weight excluding hydrogens is 1350 g/mol. The van der Waals surface area contributed by atoms with Crippen molar-refractivity contribution in [3.05, 3.63) is 322 Å². The second-order valence-electron chi connectivity index (χ2n) is 39.9. The fourth-order valence-corrected chi connectivity index (χ4v) is 18.7. The Kier molecular flexibility index (Phi) is 16.3. The smallest absolute Gasteiger partial charge is 0.247 e. The highest BCUT2D eigenvalue weighted by Gasteiger charge is 2.56. The first kappa shape index (κ1) is 72.7. The molecule has 1 spiro atoms. The summed E-state index contributed by atoms with van der Waals surface area (Å²) in [5.74, 6) is 1.70. The zero-order chi connectivity index (χ0) is 78.6. The summed E-state index contributed by atoms with van der Waals surface area (Å²) in [5, 5.41) is 5.01. The van der Waals surface area contributed by atoms with E-state index in [2.05, 4.69) is 420 Å². The summed E-state index contributed by atoms with van der Waals surface area (Å²) in [6, 6.07) is 103. The molecule has 18 rings (SSSR count). The van der Waals surface area contributed by atoms with Crippen LogP contribution in [0.2, 0.25) is 0 Å². The number of hydrogen-bond acceptors (Lipinski definition) is 2. The van der Waals surface area contributed by atoms with Gasteiger partial charge in [-0.1, -0.05) is 315 Å². The average molecular weight is 1460 g/mol. The van der Waals surface area contributed by atoms with Crippen LogP contribution in [0.15, 0.2) is 261 Å². The molecule has 0 unspecified atom stereocenters. The van der Waals surface area contributed by atoms with Crippen LogP contribution >= 0.6 is 0 Å². The summed E-state index contributed by atoms with van der Waals surface area (Å²) >= 11 is 0. The maximum absolute atomic E-state index is 7.40. The molecule has 0 fully saturated rings. The summed E-state index contributed by atoms with van der Waals surface area (Å²) < 4.78 is 12.6. The van der Waals surface area contributed by atoms with Crippen molar-refractivity contribution in [1.29, 1.82) is 0 Å². The lowest BCUT2D eigenvalue weighted by atomic mass is 9.29. The standard InChI is InChI=1S/C107H106BN3O/c1-100(2,3)69-41-48-90-80(56-69)81-57-70(101(4,5)6)42-49-91(81)109(90)76-45-47-89-94(63-76)111(99-78(65-32-24-22-25-33-65)60-75(106(19,20)21)61-79(99)66-34-26-23-27-35-66)95-64-77(110-92-50-43-71(102(7,8)9)58-82(92)83-59-72(103(10,11)12)44-51-93(83)110)62-87-98(95)108(89)88-46-40-67(68-52-73(104(13,14)15)55-74(53-68)105(16,17)18)54-86(88)107(87)84-36-28-30-38-96(84)112-97-39-31-29-37-85(97)107/h22-64H,1-21H3. The van der Waals surface area contributed by atoms with E-state index in [9.17, 15) is 0 Å². The van der Waals surface area contributed by atoms with E-state index >= 15 is 0 Å². The number of anilines is 3. The number of fused-ring (bicyclic) bond motifs is 16. The summed E-state index contributed by atoms with van der Waals surface area (Å²) in [6.07, 6.45) is 0. The van der Waals surface area contributed by atoms with Crippen LogP contribution in [0, 0.1) is 0 Å². The van der Waals surface area contributed by atoms with Crippen LogP contribution in [0.5, 0.6) is 11.5 Å². The molecule has 0 atom stereocenters. The molecule has 3 aliphatic rings. The molecule has 2 aromatic heterocycles. The maximum Gasteiger partial charge on any atom is 0.247 e. The highest BCUT2D eigenvalue weighted by Crippen LogP contribution is 2.60. The van der Waals surface area contributed by atoms with Gasteiger partial charge in [-0.25, -0.2) is 0 Å². The largest absolute Gasteiger partial charge is 0.457 e. The van der Waals surface area contributed by atoms with E-state index in [-0.39, 0.29) is 44.6 Å². The first-order valence-corrected chi connectivity index (χ1v) is 40.7. The van der Waals surface area contributed by atoms with Gasteiger partial charge in [0, 0.05) is 66.5 Å². The van der Waals surface area contributed by atoms with Crippen molar-refractivity contribution >= 4 is 83.8 Å². The minimum Gasteiger partial charge on any atom is -0.457 e. The first-order valence-electron chi connectivity index (χ1n) is 40.7. The fourth-order valence-electron chi connectivity index (χ4n) is 18.7. The molecule has 0 N–H and O–H groups in total. The normalized spacial score (nSPS) is 14.2. The molecule has 5 heteroatoms. The summed E-state index contributed by atoms with van der Waals surface area (Å²) in [6.45, 7) is 49.1. The number of nitrogens with zero attached hydrogens (tertiary/aromatic N) is 3. The Morgan fingerprint density at radius 1 is 0.268 bits per heavy atom. The Bertz CT molecular complexity index is 6100. The molecule has 112 heavy (non-hydrogen) atoms. The van der Waals surface area contributed by atoms with E-state index in [0.717, 1.165) is 84.4 Å². The van der Waals surface area contributed by atoms with E-state index in [4.69, 9.17) is 4.74 Å². The van der Waals surface area contributed by atoms with Gasteiger partial charge in [-0.05, 0) is 218 Å². The quantitative estimate of drug-likeness (QED) is 0.155. The molecule has 13 aromatic carbocycles. The topological polar surface area (TPSA) is 22.3 Å². The number of para-hydroxylation sites is 2. The van der Waals surface area contributed by atoms with E-state index in [1.165, 1.54) is 110 Å². The lowest BCUT2D eigenvalue weighted by Gasteiger charge is -2.50. The van der Waals surface area contributed by atoms with Crippen molar-refractivity contribution in [3.63, 3.8) is 0 Å². The summed E-state index contributed by atoms with van der Waals surface area (Å²) in [7, 11) is 0. The Labute approximate surface area is 665 Å². The predicted octanol–water partition coefficient (Wildman–Crippen LogP) is 27.1. The molecule has 0 aliphatic carbocycles. The third-order valence-corrected chi connectivity index (χ3v) is 25.1. The van der Waals surface area contributed by atoms with Crippen molar-refractivity contribution in [1.82, 2.24) is 9.13 Å². The number of rotatable bonds is 6. The third kappa shape index (κ3) is 11.6. The molecule has 0 saturated carbocycles. The Hall–Kier alpha value is -10.9. The molecule has 0 saturated heterocycles. The van der Waals surface area contributed by atoms with Gasteiger partial charge in [0.2, 0.25) is 6.71 Å². The molecule has 558 valence electrons. The SMILES string of the molecule is CC(C)(C)c1cc(-c2ccc3c(c2)C2(c4ccccc4Oc4ccccc42)c2cc(-n4c5ccc(C(C)(C)C)cc5c5cc(C(C)(C)C)ccc54)cc4c2B3c2ccc(-n3c5ccc(C(C)(C)C)cc5c5cc(C(C)(C)C)ccc53)cc2N4c2c(-c3ccccc3)cc(C(C)(C)C)cc2-c2ccccc2)cc(C(C)(C)C)c1. The Morgan fingerprint density at radius 3 is 1.08 bits per heavy atom. The van der Waals surface area contributed by atoms with E-state index < -0.39 is 5.41 Å². The van der Waals surface area contributed by atoms with Crippen LogP contribution in [0.1, 0.15) is 207 Å². The second kappa shape index (κ2) is 25.1. The monoisotopic (exact) mass is 1460 g/mol. The van der Waals surface area contributed by atoms with Gasteiger partial charge < -0.3 is 18.8 Å². The van der Waals surface area contributed by atoms with E-state index in [1.807, 2.05) is 0 Å². The van der Waals surface area contributed by atoms with Crippen LogP contribution in [0.4, 0.5) is 17.1 Å².